The van der Waals surface area contributed by atoms with Gasteiger partial charge in [-0.05, 0) is 42.7 Å². The van der Waals surface area contributed by atoms with Gasteiger partial charge in [-0.25, -0.2) is 9.37 Å². The van der Waals surface area contributed by atoms with Gasteiger partial charge in [0.05, 0.1) is 18.4 Å². The zero-order valence-corrected chi connectivity index (χ0v) is 15.3. The van der Waals surface area contributed by atoms with E-state index in [-0.39, 0.29) is 11.4 Å². The Morgan fingerprint density at radius 3 is 2.62 bits per heavy atom. The minimum absolute atomic E-state index is 0.0478. The molecule has 4 rings (SSSR count). The quantitative estimate of drug-likeness (QED) is 0.517. The summed E-state index contributed by atoms with van der Waals surface area (Å²) in [6.45, 7) is 4.61. The number of benzene rings is 2. The van der Waals surface area contributed by atoms with Crippen LogP contribution >= 0.6 is 11.3 Å². The largest absolute Gasteiger partial charge is 0.294 e. The average Bonchev–Trinajstić information content (AvgIpc) is 3.05. The summed E-state index contributed by atoms with van der Waals surface area (Å²) in [6.07, 6.45) is 1.60. The van der Waals surface area contributed by atoms with Crippen molar-refractivity contribution < 1.29 is 4.39 Å². The minimum atomic E-state index is -0.280. The molecule has 0 bridgehead atoms. The molecule has 130 valence electrons. The van der Waals surface area contributed by atoms with E-state index in [0.717, 1.165) is 22.3 Å². The van der Waals surface area contributed by atoms with Crippen molar-refractivity contribution in [3.63, 3.8) is 0 Å². The number of hydrogen-bond acceptors (Lipinski definition) is 3. The number of nitrogens with zero attached hydrogens (tertiary/aromatic N) is 2. The first-order valence-electron chi connectivity index (χ1n) is 8.31. The van der Waals surface area contributed by atoms with Crippen molar-refractivity contribution in [1.29, 1.82) is 0 Å². The lowest BCUT2D eigenvalue weighted by Gasteiger charge is -2.09. The fourth-order valence-electron chi connectivity index (χ4n) is 3.10. The van der Waals surface area contributed by atoms with Gasteiger partial charge >= 0.3 is 0 Å². The van der Waals surface area contributed by atoms with E-state index in [1.165, 1.54) is 29.0 Å². The van der Waals surface area contributed by atoms with Crippen LogP contribution in [-0.4, -0.2) is 9.55 Å². The molecule has 26 heavy (non-hydrogen) atoms. The first-order chi connectivity index (χ1) is 12.5. The van der Waals surface area contributed by atoms with Crippen LogP contribution in [0.5, 0.6) is 0 Å². The fraction of sp³-hybridized carbons (Fsp3) is 0.143. The Kier molecular flexibility index (Phi) is 4.17. The summed E-state index contributed by atoms with van der Waals surface area (Å²) in [7, 11) is 0. The van der Waals surface area contributed by atoms with Crippen molar-refractivity contribution in [3.8, 4) is 11.1 Å². The molecule has 0 fully saturated rings. The molecule has 0 amide bonds. The van der Waals surface area contributed by atoms with Crippen molar-refractivity contribution in [2.75, 3.05) is 0 Å². The Balaban J connectivity index is 1.76. The summed E-state index contributed by atoms with van der Waals surface area (Å²) in [4.78, 5) is 17.4. The van der Waals surface area contributed by atoms with E-state index < -0.39 is 0 Å². The Bertz CT molecular complexity index is 1160. The van der Waals surface area contributed by atoms with Crippen molar-refractivity contribution in [1.82, 2.24) is 9.55 Å². The molecular formula is C21H17FN2OS. The molecule has 0 unspecified atom stereocenters. The molecule has 0 aliphatic carbocycles. The van der Waals surface area contributed by atoms with Gasteiger partial charge in [-0.2, -0.15) is 0 Å². The number of aryl methyl sites for hydroxylation is 2. The molecule has 2 heterocycles. The van der Waals surface area contributed by atoms with Crippen LogP contribution in [0.3, 0.4) is 0 Å². The van der Waals surface area contributed by atoms with Gasteiger partial charge in [0, 0.05) is 10.9 Å². The van der Waals surface area contributed by atoms with Crippen LogP contribution in [0.25, 0.3) is 21.3 Å². The topological polar surface area (TPSA) is 34.9 Å². The van der Waals surface area contributed by atoms with E-state index in [9.17, 15) is 9.18 Å². The molecule has 3 nitrogen and oxygen atoms in total. The van der Waals surface area contributed by atoms with Crippen LogP contribution in [-0.2, 0) is 6.54 Å². The van der Waals surface area contributed by atoms with Crippen molar-refractivity contribution in [2.24, 2.45) is 0 Å². The third-order valence-electron chi connectivity index (χ3n) is 4.54. The summed E-state index contributed by atoms with van der Waals surface area (Å²) >= 11 is 1.38. The Morgan fingerprint density at radius 2 is 1.88 bits per heavy atom. The van der Waals surface area contributed by atoms with Crippen LogP contribution in [0.15, 0.2) is 59.0 Å². The highest BCUT2D eigenvalue weighted by atomic mass is 32.1. The molecule has 0 N–H and O–H groups in total. The molecule has 0 saturated heterocycles. The molecule has 4 aromatic rings. The molecule has 2 aromatic carbocycles. The van der Waals surface area contributed by atoms with Crippen molar-refractivity contribution in [3.05, 3.63) is 87.0 Å². The van der Waals surface area contributed by atoms with Gasteiger partial charge in [-0.15, -0.1) is 11.3 Å². The predicted octanol–water partition coefficient (Wildman–Crippen LogP) is 4.93. The van der Waals surface area contributed by atoms with E-state index in [0.29, 0.717) is 16.8 Å². The van der Waals surface area contributed by atoms with Gasteiger partial charge in [-0.3, -0.25) is 9.36 Å². The van der Waals surface area contributed by atoms with Crippen molar-refractivity contribution >= 4 is 21.6 Å². The Labute approximate surface area is 154 Å². The second-order valence-electron chi connectivity index (χ2n) is 6.44. The molecule has 2 aromatic heterocycles. The monoisotopic (exact) mass is 364 g/mol. The zero-order valence-electron chi connectivity index (χ0n) is 14.5. The number of aromatic nitrogens is 2. The maximum Gasteiger partial charge on any atom is 0.271 e. The summed E-state index contributed by atoms with van der Waals surface area (Å²) < 4.78 is 15.4. The van der Waals surface area contributed by atoms with Crippen LogP contribution in [0.2, 0.25) is 0 Å². The van der Waals surface area contributed by atoms with E-state index in [1.807, 2.05) is 5.38 Å². The minimum Gasteiger partial charge on any atom is -0.294 e. The Morgan fingerprint density at radius 1 is 1.12 bits per heavy atom. The summed E-state index contributed by atoms with van der Waals surface area (Å²) in [6, 6.07) is 12.5. The second kappa shape index (κ2) is 6.50. The SMILES string of the molecule is Cc1ccc(Cn2cnc3c(-c4ccc(F)cc4)csc3c2=O)c(C)c1. The van der Waals surface area contributed by atoms with Crippen LogP contribution < -0.4 is 5.56 Å². The second-order valence-corrected chi connectivity index (χ2v) is 7.32. The predicted molar refractivity (Wildman–Crippen MR) is 104 cm³/mol. The third-order valence-corrected chi connectivity index (χ3v) is 5.50. The molecule has 0 aliphatic rings. The van der Waals surface area contributed by atoms with Gasteiger partial charge in [-0.1, -0.05) is 35.9 Å². The Hall–Kier alpha value is -2.79. The molecule has 5 heteroatoms. The molecule has 0 saturated carbocycles. The summed E-state index contributed by atoms with van der Waals surface area (Å²) in [5, 5.41) is 1.91. The highest BCUT2D eigenvalue weighted by molar-refractivity contribution is 7.17. The number of fused-ring (bicyclic) bond motifs is 1. The van der Waals surface area contributed by atoms with Gasteiger partial charge in [0.1, 0.15) is 10.5 Å². The first kappa shape index (κ1) is 16.7. The summed E-state index contributed by atoms with van der Waals surface area (Å²) in [5.41, 5.74) is 5.81. The normalized spacial score (nSPS) is 11.2. The maximum atomic E-state index is 13.2. The smallest absolute Gasteiger partial charge is 0.271 e. The maximum absolute atomic E-state index is 13.2. The van der Waals surface area contributed by atoms with Crippen molar-refractivity contribution in [2.45, 2.75) is 20.4 Å². The molecule has 0 atom stereocenters. The average molecular weight is 364 g/mol. The van der Waals surface area contributed by atoms with Crippen LogP contribution in [0.1, 0.15) is 16.7 Å². The van der Waals surface area contributed by atoms with E-state index in [4.69, 9.17) is 0 Å². The van der Waals surface area contributed by atoms with E-state index >= 15 is 0 Å². The number of halogens is 1. The number of hydrogen-bond donors (Lipinski definition) is 0. The first-order valence-corrected chi connectivity index (χ1v) is 9.19. The molecule has 0 aliphatic heterocycles. The highest BCUT2D eigenvalue weighted by Crippen LogP contribution is 2.30. The molecular weight excluding hydrogens is 347 g/mol. The van der Waals surface area contributed by atoms with E-state index in [2.05, 4.69) is 37.0 Å². The lowest BCUT2D eigenvalue weighted by Crippen LogP contribution is -2.20. The van der Waals surface area contributed by atoms with Gasteiger partial charge in [0.2, 0.25) is 0 Å². The lowest BCUT2D eigenvalue weighted by atomic mass is 10.1. The third kappa shape index (κ3) is 2.95. The summed E-state index contributed by atoms with van der Waals surface area (Å²) in [5.74, 6) is -0.280. The van der Waals surface area contributed by atoms with Crippen LogP contribution in [0, 0.1) is 19.7 Å². The fourth-order valence-corrected chi connectivity index (χ4v) is 4.07. The van der Waals surface area contributed by atoms with Gasteiger partial charge < -0.3 is 0 Å². The molecule has 0 spiro atoms. The van der Waals surface area contributed by atoms with Gasteiger partial charge in [0.25, 0.3) is 5.56 Å². The number of rotatable bonds is 3. The lowest BCUT2D eigenvalue weighted by molar-refractivity contribution is 0.628. The van der Waals surface area contributed by atoms with Gasteiger partial charge in [0.15, 0.2) is 0 Å². The highest BCUT2D eigenvalue weighted by Gasteiger charge is 2.13. The van der Waals surface area contributed by atoms with Crippen LogP contribution in [0.4, 0.5) is 4.39 Å². The number of thiophene rings is 1. The zero-order chi connectivity index (χ0) is 18.3. The standard InChI is InChI=1S/C21H17FN2OS/c1-13-3-4-16(14(2)9-13)10-24-12-23-19-18(11-26-20(19)21(24)25)15-5-7-17(22)8-6-15/h3-9,11-12H,10H2,1-2H3. The molecule has 0 radical (unpaired) electrons. The van der Waals surface area contributed by atoms with E-state index in [1.54, 1.807) is 23.0 Å².